The summed E-state index contributed by atoms with van der Waals surface area (Å²) in [7, 11) is 0. The van der Waals surface area contributed by atoms with Gasteiger partial charge in [-0.2, -0.15) is 0 Å². The van der Waals surface area contributed by atoms with E-state index in [0.717, 1.165) is 43.0 Å². The number of unbranched alkanes of at least 4 members (excludes halogenated alkanes) is 1. The number of aromatic nitrogens is 2. The SMILES string of the molecule is Fc1cc(CCCCBr)c[c]c1-c1ccnc(NC2CCCC2)n1. The number of nitrogens with zero attached hydrogens (tertiary/aromatic N) is 2. The molecule has 24 heavy (non-hydrogen) atoms. The van der Waals surface area contributed by atoms with Crippen molar-refractivity contribution in [3.05, 3.63) is 41.8 Å². The minimum Gasteiger partial charge on any atom is -0.351 e. The molecule has 5 heteroatoms. The Bertz CT molecular complexity index is 671. The van der Waals surface area contributed by atoms with Gasteiger partial charge >= 0.3 is 0 Å². The minimum absolute atomic E-state index is 0.267. The number of halogens is 2. The highest BCUT2D eigenvalue weighted by atomic mass is 79.9. The molecule has 1 aliphatic rings. The van der Waals surface area contributed by atoms with Crippen LogP contribution >= 0.6 is 15.9 Å². The van der Waals surface area contributed by atoms with Crippen LogP contribution in [0.4, 0.5) is 10.3 Å². The van der Waals surface area contributed by atoms with E-state index in [2.05, 4.69) is 37.3 Å². The van der Waals surface area contributed by atoms with Crippen molar-refractivity contribution in [2.24, 2.45) is 0 Å². The first kappa shape index (κ1) is 17.3. The Hall–Kier alpha value is -1.49. The van der Waals surface area contributed by atoms with Crippen LogP contribution in [0.1, 0.15) is 44.1 Å². The summed E-state index contributed by atoms with van der Waals surface area (Å²) < 4.78 is 14.5. The molecule has 0 unspecified atom stereocenters. The second kappa shape index (κ2) is 8.56. The lowest BCUT2D eigenvalue weighted by atomic mass is 10.0. The van der Waals surface area contributed by atoms with Gasteiger partial charge in [-0.15, -0.1) is 0 Å². The highest BCUT2D eigenvalue weighted by molar-refractivity contribution is 9.09. The number of alkyl halides is 1. The molecule has 0 amide bonds. The van der Waals surface area contributed by atoms with E-state index in [0.29, 0.717) is 23.2 Å². The summed E-state index contributed by atoms with van der Waals surface area (Å²) in [6, 6.07) is 8.71. The molecule has 3 rings (SSSR count). The predicted molar refractivity (Wildman–Crippen MR) is 98.9 cm³/mol. The number of anilines is 1. The maximum absolute atomic E-state index is 14.5. The highest BCUT2D eigenvalue weighted by Crippen LogP contribution is 2.24. The molecule has 127 valence electrons. The molecule has 1 heterocycles. The van der Waals surface area contributed by atoms with E-state index in [1.165, 1.54) is 12.8 Å². The summed E-state index contributed by atoms with van der Waals surface area (Å²) in [5, 5.41) is 4.33. The summed E-state index contributed by atoms with van der Waals surface area (Å²) in [5.74, 6) is 0.311. The topological polar surface area (TPSA) is 37.8 Å². The molecular weight excluding hydrogens is 369 g/mol. The van der Waals surface area contributed by atoms with Gasteiger partial charge in [0.25, 0.3) is 0 Å². The number of benzene rings is 1. The van der Waals surface area contributed by atoms with Gasteiger partial charge in [0.1, 0.15) is 5.82 Å². The molecule has 0 saturated heterocycles. The van der Waals surface area contributed by atoms with Crippen LogP contribution < -0.4 is 5.32 Å². The van der Waals surface area contributed by atoms with Crippen LogP contribution in [-0.4, -0.2) is 21.3 Å². The molecule has 3 nitrogen and oxygen atoms in total. The van der Waals surface area contributed by atoms with Gasteiger partial charge in [0.15, 0.2) is 0 Å². The van der Waals surface area contributed by atoms with Gasteiger partial charge in [0.2, 0.25) is 5.95 Å². The highest BCUT2D eigenvalue weighted by Gasteiger charge is 2.16. The van der Waals surface area contributed by atoms with Gasteiger partial charge in [-0.25, -0.2) is 14.4 Å². The van der Waals surface area contributed by atoms with E-state index < -0.39 is 0 Å². The third-order valence-corrected chi connectivity index (χ3v) is 4.96. The lowest BCUT2D eigenvalue weighted by Crippen LogP contribution is -2.16. The number of hydrogen-bond donors (Lipinski definition) is 1. The Labute approximate surface area is 151 Å². The molecule has 0 spiro atoms. The molecular formula is C19H22BrFN3. The van der Waals surface area contributed by atoms with Crippen molar-refractivity contribution < 1.29 is 4.39 Å². The summed E-state index contributed by atoms with van der Waals surface area (Å²) >= 11 is 3.42. The van der Waals surface area contributed by atoms with E-state index in [-0.39, 0.29) is 5.82 Å². The van der Waals surface area contributed by atoms with Crippen LogP contribution in [0.25, 0.3) is 11.3 Å². The number of hydrogen-bond acceptors (Lipinski definition) is 3. The van der Waals surface area contributed by atoms with Crippen LogP contribution in [-0.2, 0) is 6.42 Å². The van der Waals surface area contributed by atoms with Gasteiger partial charge in [0, 0.05) is 23.1 Å². The van der Waals surface area contributed by atoms with Crippen molar-refractivity contribution in [3.63, 3.8) is 0 Å². The van der Waals surface area contributed by atoms with Crippen LogP contribution in [0.15, 0.2) is 24.4 Å². The first-order valence-electron chi connectivity index (χ1n) is 8.62. The van der Waals surface area contributed by atoms with Gasteiger partial charge in [-0.05, 0) is 55.9 Å². The Morgan fingerprint density at radius 3 is 2.88 bits per heavy atom. The number of aryl methyl sites for hydroxylation is 1. The zero-order valence-corrected chi connectivity index (χ0v) is 15.3. The molecule has 1 fully saturated rings. The summed E-state index contributed by atoms with van der Waals surface area (Å²) in [4.78, 5) is 8.74. The molecule has 1 aliphatic carbocycles. The maximum Gasteiger partial charge on any atom is 0.223 e. The largest absolute Gasteiger partial charge is 0.351 e. The molecule has 1 aromatic carbocycles. The monoisotopic (exact) mass is 390 g/mol. The first-order valence-corrected chi connectivity index (χ1v) is 9.74. The predicted octanol–water partition coefficient (Wildman–Crippen LogP) is 5.15. The normalized spacial score (nSPS) is 14.9. The van der Waals surface area contributed by atoms with E-state index in [1.807, 2.05) is 6.07 Å². The Morgan fingerprint density at radius 2 is 2.12 bits per heavy atom. The van der Waals surface area contributed by atoms with Crippen LogP contribution in [0, 0.1) is 11.9 Å². The van der Waals surface area contributed by atoms with E-state index in [9.17, 15) is 4.39 Å². The molecule has 1 radical (unpaired) electrons. The van der Waals surface area contributed by atoms with Crippen molar-refractivity contribution in [2.75, 3.05) is 10.6 Å². The average Bonchev–Trinajstić information content (AvgIpc) is 3.08. The minimum atomic E-state index is -0.267. The van der Waals surface area contributed by atoms with Crippen molar-refractivity contribution in [2.45, 2.75) is 51.0 Å². The van der Waals surface area contributed by atoms with Gasteiger partial charge in [-0.1, -0.05) is 34.8 Å². The second-order valence-electron chi connectivity index (χ2n) is 6.27. The maximum atomic E-state index is 14.5. The number of nitrogens with one attached hydrogen (secondary N) is 1. The lowest BCUT2D eigenvalue weighted by molar-refractivity contribution is 0.626. The Kier molecular flexibility index (Phi) is 6.18. The van der Waals surface area contributed by atoms with E-state index >= 15 is 0 Å². The van der Waals surface area contributed by atoms with Gasteiger partial charge < -0.3 is 5.32 Å². The summed E-state index contributed by atoms with van der Waals surface area (Å²) in [6.07, 6.45) is 9.47. The summed E-state index contributed by atoms with van der Waals surface area (Å²) in [6.45, 7) is 0. The Balaban J connectivity index is 1.73. The Morgan fingerprint density at radius 1 is 1.29 bits per heavy atom. The molecule has 2 aromatic rings. The molecule has 0 bridgehead atoms. The fraction of sp³-hybridized carbons (Fsp3) is 0.474. The first-order chi connectivity index (χ1) is 11.8. The fourth-order valence-electron chi connectivity index (χ4n) is 3.09. The van der Waals surface area contributed by atoms with Crippen molar-refractivity contribution in [1.82, 2.24) is 9.97 Å². The van der Waals surface area contributed by atoms with Gasteiger partial charge in [-0.3, -0.25) is 0 Å². The standard InChI is InChI=1S/C19H22BrFN3/c20-11-4-3-5-14-8-9-16(17(21)13-14)18-10-12-22-19(24-18)23-15-6-1-2-7-15/h8,10,12-13,15H,1-7,11H2,(H,22,23,24). The van der Waals surface area contributed by atoms with Crippen molar-refractivity contribution in [1.29, 1.82) is 0 Å². The molecule has 1 aromatic heterocycles. The summed E-state index contributed by atoms with van der Waals surface area (Å²) in [5.41, 5.74) is 1.97. The van der Waals surface area contributed by atoms with Crippen LogP contribution in [0.5, 0.6) is 0 Å². The fourth-order valence-corrected chi connectivity index (χ4v) is 3.49. The van der Waals surface area contributed by atoms with Crippen molar-refractivity contribution in [3.8, 4) is 11.3 Å². The third-order valence-electron chi connectivity index (χ3n) is 4.40. The van der Waals surface area contributed by atoms with Crippen LogP contribution in [0.2, 0.25) is 0 Å². The molecule has 0 aliphatic heterocycles. The molecule has 1 saturated carbocycles. The zero-order valence-electron chi connectivity index (χ0n) is 13.7. The lowest BCUT2D eigenvalue weighted by Gasteiger charge is -2.12. The smallest absolute Gasteiger partial charge is 0.223 e. The van der Waals surface area contributed by atoms with Crippen molar-refractivity contribution >= 4 is 21.9 Å². The van der Waals surface area contributed by atoms with Crippen LogP contribution in [0.3, 0.4) is 0 Å². The number of rotatable bonds is 7. The second-order valence-corrected chi connectivity index (χ2v) is 7.06. The van der Waals surface area contributed by atoms with Gasteiger partial charge in [0.05, 0.1) is 5.69 Å². The quantitative estimate of drug-likeness (QED) is 0.524. The zero-order chi connectivity index (χ0) is 16.8. The average molecular weight is 391 g/mol. The molecule has 0 atom stereocenters. The van der Waals surface area contributed by atoms with E-state index in [1.54, 1.807) is 18.3 Å². The molecule has 1 N–H and O–H groups in total. The van der Waals surface area contributed by atoms with E-state index in [4.69, 9.17) is 0 Å². The third kappa shape index (κ3) is 4.53.